The van der Waals surface area contributed by atoms with Gasteiger partial charge in [-0.2, -0.15) is 0 Å². The zero-order chi connectivity index (χ0) is 13.2. The minimum absolute atomic E-state index is 0.188. The molecule has 0 bridgehead atoms. The monoisotopic (exact) mass is 248 g/mol. The van der Waals surface area contributed by atoms with Gasteiger partial charge in [0, 0.05) is 11.6 Å². The lowest BCUT2D eigenvalue weighted by Gasteiger charge is -2.14. The van der Waals surface area contributed by atoms with Crippen LogP contribution in [-0.2, 0) is 0 Å². The van der Waals surface area contributed by atoms with Crippen molar-refractivity contribution in [1.82, 2.24) is 4.98 Å². The SMILES string of the molecule is Cc1ccc(C(N)c2nccc3ccccc23)cc1. The van der Waals surface area contributed by atoms with Gasteiger partial charge in [0.1, 0.15) is 0 Å². The number of aromatic nitrogens is 1. The molecule has 1 atom stereocenters. The summed E-state index contributed by atoms with van der Waals surface area (Å²) in [6, 6.07) is 18.4. The Morgan fingerprint density at radius 2 is 1.68 bits per heavy atom. The van der Waals surface area contributed by atoms with Crippen molar-refractivity contribution >= 4 is 10.8 Å². The summed E-state index contributed by atoms with van der Waals surface area (Å²) in [4.78, 5) is 4.48. The summed E-state index contributed by atoms with van der Waals surface area (Å²) in [5, 5.41) is 2.30. The molecule has 0 spiro atoms. The molecule has 0 saturated heterocycles. The fourth-order valence-electron chi connectivity index (χ4n) is 2.32. The Labute approximate surface area is 112 Å². The van der Waals surface area contributed by atoms with Crippen LogP contribution in [0, 0.1) is 6.92 Å². The Morgan fingerprint density at radius 1 is 0.947 bits per heavy atom. The Hall–Kier alpha value is -2.19. The Bertz CT molecular complexity index is 697. The number of pyridine rings is 1. The molecule has 1 unspecified atom stereocenters. The lowest BCUT2D eigenvalue weighted by Crippen LogP contribution is -2.13. The molecule has 0 aliphatic heterocycles. The van der Waals surface area contributed by atoms with Crippen LogP contribution in [0.15, 0.2) is 60.8 Å². The van der Waals surface area contributed by atoms with Gasteiger partial charge in [-0.05, 0) is 23.9 Å². The third-order valence-corrected chi connectivity index (χ3v) is 3.44. The summed E-state index contributed by atoms with van der Waals surface area (Å²) < 4.78 is 0. The van der Waals surface area contributed by atoms with E-state index >= 15 is 0 Å². The number of aryl methyl sites for hydroxylation is 1. The van der Waals surface area contributed by atoms with Crippen LogP contribution in [0.1, 0.15) is 22.9 Å². The van der Waals surface area contributed by atoms with Crippen LogP contribution in [-0.4, -0.2) is 4.98 Å². The molecule has 3 rings (SSSR count). The first-order chi connectivity index (χ1) is 9.25. The second-order valence-corrected chi connectivity index (χ2v) is 4.81. The first kappa shape index (κ1) is 11.9. The smallest absolute Gasteiger partial charge is 0.0732 e. The van der Waals surface area contributed by atoms with Gasteiger partial charge in [-0.1, -0.05) is 54.1 Å². The fourth-order valence-corrected chi connectivity index (χ4v) is 2.32. The van der Waals surface area contributed by atoms with E-state index < -0.39 is 0 Å². The summed E-state index contributed by atoms with van der Waals surface area (Å²) in [5.41, 5.74) is 9.63. The molecule has 0 aliphatic rings. The van der Waals surface area contributed by atoms with Gasteiger partial charge >= 0.3 is 0 Å². The molecule has 0 saturated carbocycles. The van der Waals surface area contributed by atoms with Gasteiger partial charge in [0.2, 0.25) is 0 Å². The van der Waals surface area contributed by atoms with Gasteiger partial charge < -0.3 is 5.73 Å². The van der Waals surface area contributed by atoms with Crippen LogP contribution in [0.25, 0.3) is 10.8 Å². The highest BCUT2D eigenvalue weighted by Gasteiger charge is 2.13. The zero-order valence-corrected chi connectivity index (χ0v) is 10.9. The molecule has 2 N–H and O–H groups in total. The lowest BCUT2D eigenvalue weighted by molar-refractivity contribution is 0.840. The van der Waals surface area contributed by atoms with Crippen LogP contribution in [0.2, 0.25) is 0 Å². The second kappa shape index (κ2) is 4.82. The Morgan fingerprint density at radius 3 is 2.47 bits per heavy atom. The Kier molecular flexibility index (Phi) is 3.02. The first-order valence-electron chi connectivity index (χ1n) is 6.41. The predicted molar refractivity (Wildman–Crippen MR) is 79.0 cm³/mol. The summed E-state index contributed by atoms with van der Waals surface area (Å²) in [7, 11) is 0. The summed E-state index contributed by atoms with van der Waals surface area (Å²) in [5.74, 6) is 0. The van der Waals surface area contributed by atoms with Crippen molar-refractivity contribution < 1.29 is 0 Å². The van der Waals surface area contributed by atoms with Crippen molar-refractivity contribution in [1.29, 1.82) is 0 Å². The molecule has 2 aromatic carbocycles. The highest BCUT2D eigenvalue weighted by molar-refractivity contribution is 5.85. The van der Waals surface area contributed by atoms with E-state index in [9.17, 15) is 0 Å². The standard InChI is InChI=1S/C17H16N2/c1-12-6-8-14(9-7-12)16(18)17-15-5-3-2-4-13(15)10-11-19-17/h2-11,16H,18H2,1H3. The molecule has 0 radical (unpaired) electrons. The first-order valence-corrected chi connectivity index (χ1v) is 6.41. The number of fused-ring (bicyclic) bond motifs is 1. The topological polar surface area (TPSA) is 38.9 Å². The van der Waals surface area contributed by atoms with Crippen LogP contribution in [0.4, 0.5) is 0 Å². The van der Waals surface area contributed by atoms with Crippen molar-refractivity contribution in [3.8, 4) is 0 Å². The molecule has 1 aromatic heterocycles. The largest absolute Gasteiger partial charge is 0.319 e. The maximum absolute atomic E-state index is 6.37. The number of nitrogens with two attached hydrogens (primary N) is 1. The molecule has 0 fully saturated rings. The molecular weight excluding hydrogens is 232 g/mol. The molecule has 0 amide bonds. The highest BCUT2D eigenvalue weighted by atomic mass is 14.8. The number of rotatable bonds is 2. The van der Waals surface area contributed by atoms with Crippen molar-refractivity contribution in [2.75, 3.05) is 0 Å². The maximum Gasteiger partial charge on any atom is 0.0732 e. The predicted octanol–water partition coefficient (Wildman–Crippen LogP) is 3.59. The average molecular weight is 248 g/mol. The van der Waals surface area contributed by atoms with E-state index in [1.807, 2.05) is 24.4 Å². The van der Waals surface area contributed by atoms with E-state index in [1.165, 1.54) is 10.9 Å². The van der Waals surface area contributed by atoms with Crippen LogP contribution in [0.5, 0.6) is 0 Å². The minimum atomic E-state index is -0.188. The third-order valence-electron chi connectivity index (χ3n) is 3.44. The van der Waals surface area contributed by atoms with E-state index in [2.05, 4.69) is 48.3 Å². The molecule has 2 nitrogen and oxygen atoms in total. The van der Waals surface area contributed by atoms with E-state index in [1.54, 1.807) is 0 Å². The second-order valence-electron chi connectivity index (χ2n) is 4.81. The summed E-state index contributed by atoms with van der Waals surface area (Å²) >= 11 is 0. The third kappa shape index (κ3) is 2.23. The summed E-state index contributed by atoms with van der Waals surface area (Å²) in [6.07, 6.45) is 1.83. The molecule has 3 aromatic rings. The number of hydrogen-bond acceptors (Lipinski definition) is 2. The van der Waals surface area contributed by atoms with E-state index in [0.717, 1.165) is 16.6 Å². The Balaban J connectivity index is 2.11. The summed E-state index contributed by atoms with van der Waals surface area (Å²) in [6.45, 7) is 2.07. The molecular formula is C17H16N2. The number of benzene rings is 2. The molecule has 19 heavy (non-hydrogen) atoms. The average Bonchev–Trinajstić information content (AvgIpc) is 2.47. The highest BCUT2D eigenvalue weighted by Crippen LogP contribution is 2.25. The van der Waals surface area contributed by atoms with E-state index in [4.69, 9.17) is 5.73 Å². The van der Waals surface area contributed by atoms with Crippen LogP contribution >= 0.6 is 0 Å². The minimum Gasteiger partial charge on any atom is -0.319 e. The van der Waals surface area contributed by atoms with E-state index in [-0.39, 0.29) is 6.04 Å². The van der Waals surface area contributed by atoms with Crippen molar-refractivity contribution in [3.63, 3.8) is 0 Å². The van der Waals surface area contributed by atoms with Gasteiger partial charge in [0.25, 0.3) is 0 Å². The van der Waals surface area contributed by atoms with Gasteiger partial charge in [0.05, 0.1) is 11.7 Å². The normalized spacial score (nSPS) is 12.5. The van der Waals surface area contributed by atoms with Crippen molar-refractivity contribution in [3.05, 3.63) is 77.6 Å². The lowest BCUT2D eigenvalue weighted by atomic mass is 9.99. The zero-order valence-electron chi connectivity index (χ0n) is 10.9. The maximum atomic E-state index is 6.37. The van der Waals surface area contributed by atoms with Crippen LogP contribution in [0.3, 0.4) is 0 Å². The van der Waals surface area contributed by atoms with Crippen LogP contribution < -0.4 is 5.73 Å². The van der Waals surface area contributed by atoms with Gasteiger partial charge in [-0.3, -0.25) is 4.98 Å². The van der Waals surface area contributed by atoms with Gasteiger partial charge in [-0.15, -0.1) is 0 Å². The number of nitrogens with zero attached hydrogens (tertiary/aromatic N) is 1. The fraction of sp³-hybridized carbons (Fsp3) is 0.118. The van der Waals surface area contributed by atoms with Gasteiger partial charge in [-0.25, -0.2) is 0 Å². The molecule has 1 heterocycles. The van der Waals surface area contributed by atoms with Crippen molar-refractivity contribution in [2.45, 2.75) is 13.0 Å². The van der Waals surface area contributed by atoms with Gasteiger partial charge in [0.15, 0.2) is 0 Å². The molecule has 0 aliphatic carbocycles. The molecule has 94 valence electrons. The van der Waals surface area contributed by atoms with Crippen molar-refractivity contribution in [2.24, 2.45) is 5.73 Å². The quantitative estimate of drug-likeness (QED) is 0.752. The number of hydrogen-bond donors (Lipinski definition) is 1. The molecule has 2 heteroatoms. The van der Waals surface area contributed by atoms with E-state index in [0.29, 0.717) is 0 Å².